The molecule has 1 aromatic carbocycles. The minimum atomic E-state index is -0.840. The van der Waals surface area contributed by atoms with Gasteiger partial charge in [-0.2, -0.15) is 0 Å². The first-order valence-corrected chi connectivity index (χ1v) is 10.3. The zero-order valence-corrected chi connectivity index (χ0v) is 18.9. The molecule has 0 aliphatic rings. The molecule has 0 saturated heterocycles. The van der Waals surface area contributed by atoms with Gasteiger partial charge >= 0.3 is 5.97 Å². The summed E-state index contributed by atoms with van der Waals surface area (Å²) in [4.78, 5) is 37.9. The number of amides is 1. The third-order valence-electron chi connectivity index (χ3n) is 5.24. The molecule has 0 spiro atoms. The van der Waals surface area contributed by atoms with E-state index >= 15 is 0 Å². The summed E-state index contributed by atoms with van der Waals surface area (Å²) in [5, 5.41) is 2.75. The molecule has 2 rings (SSSR count). The summed E-state index contributed by atoms with van der Waals surface area (Å²) < 4.78 is 7.38. The van der Waals surface area contributed by atoms with Gasteiger partial charge in [-0.25, -0.2) is 4.79 Å². The Hall–Kier alpha value is -2.89. The number of hydrogen-bond acceptors (Lipinski definition) is 4. The zero-order valence-electron chi connectivity index (χ0n) is 18.9. The maximum atomic E-state index is 12.7. The van der Waals surface area contributed by atoms with Crippen LogP contribution < -0.4 is 5.32 Å². The van der Waals surface area contributed by atoms with Gasteiger partial charge in [-0.1, -0.05) is 32.0 Å². The second-order valence-electron chi connectivity index (χ2n) is 8.29. The Bertz CT molecular complexity index is 941. The van der Waals surface area contributed by atoms with Gasteiger partial charge in [-0.3, -0.25) is 9.59 Å². The molecule has 1 heterocycles. The van der Waals surface area contributed by atoms with E-state index in [-0.39, 0.29) is 30.3 Å². The lowest BCUT2D eigenvalue weighted by Crippen LogP contribution is -2.45. The third kappa shape index (κ3) is 5.17. The number of ketones is 1. The lowest BCUT2D eigenvalue weighted by atomic mass is 10.0. The lowest BCUT2D eigenvalue weighted by molar-refractivity contribution is -0.145. The highest BCUT2D eigenvalue weighted by Crippen LogP contribution is 2.20. The zero-order chi connectivity index (χ0) is 22.6. The predicted octanol–water partition coefficient (Wildman–Crippen LogP) is 4.17. The van der Waals surface area contributed by atoms with Crippen molar-refractivity contribution in [3.05, 3.63) is 58.4 Å². The Morgan fingerprint density at radius 2 is 1.63 bits per heavy atom. The summed E-state index contributed by atoms with van der Waals surface area (Å²) >= 11 is 0. The van der Waals surface area contributed by atoms with Crippen LogP contribution in [0.3, 0.4) is 0 Å². The molecule has 0 unspecified atom stereocenters. The quantitative estimate of drug-likeness (QED) is 0.521. The van der Waals surface area contributed by atoms with Gasteiger partial charge in [0.1, 0.15) is 6.04 Å². The van der Waals surface area contributed by atoms with Crippen LogP contribution in [0.2, 0.25) is 0 Å². The van der Waals surface area contributed by atoms with Crippen LogP contribution in [0.25, 0.3) is 0 Å². The summed E-state index contributed by atoms with van der Waals surface area (Å²) in [6.07, 6.45) is 0. The molecule has 0 fully saturated rings. The van der Waals surface area contributed by atoms with Crippen LogP contribution in [0.5, 0.6) is 0 Å². The summed E-state index contributed by atoms with van der Waals surface area (Å²) in [6, 6.07) is 8.39. The molecular formula is C24H32N2O4. The molecule has 0 aliphatic heterocycles. The number of nitrogens with one attached hydrogen (secondary N) is 1. The number of hydrogen-bond donors (Lipinski definition) is 1. The molecule has 1 aromatic heterocycles. The summed E-state index contributed by atoms with van der Waals surface area (Å²) in [6.45, 7) is 13.1. The predicted molar refractivity (Wildman–Crippen MR) is 117 cm³/mol. The fourth-order valence-electron chi connectivity index (χ4n) is 3.70. The fourth-order valence-corrected chi connectivity index (χ4v) is 3.70. The van der Waals surface area contributed by atoms with E-state index in [1.54, 1.807) is 12.1 Å². The van der Waals surface area contributed by atoms with E-state index in [4.69, 9.17) is 4.74 Å². The normalized spacial score (nSPS) is 12.2. The van der Waals surface area contributed by atoms with Crippen molar-refractivity contribution in [2.75, 3.05) is 6.61 Å². The van der Waals surface area contributed by atoms with Crippen molar-refractivity contribution in [3.63, 3.8) is 0 Å². The highest BCUT2D eigenvalue weighted by molar-refractivity contribution is 6.00. The fraction of sp³-hybridized carbons (Fsp3) is 0.458. The van der Waals surface area contributed by atoms with Gasteiger partial charge in [0.2, 0.25) is 5.78 Å². The Kier molecular flexibility index (Phi) is 7.59. The number of ether oxygens (including phenoxy) is 1. The smallest absolute Gasteiger partial charge is 0.329 e. The van der Waals surface area contributed by atoms with Crippen molar-refractivity contribution in [3.8, 4) is 0 Å². The van der Waals surface area contributed by atoms with E-state index in [1.165, 1.54) is 0 Å². The van der Waals surface area contributed by atoms with Crippen LogP contribution in [-0.2, 0) is 9.53 Å². The molecule has 0 saturated carbocycles. The van der Waals surface area contributed by atoms with Gasteiger partial charge < -0.3 is 14.6 Å². The van der Waals surface area contributed by atoms with Crippen molar-refractivity contribution in [2.45, 2.75) is 60.5 Å². The van der Waals surface area contributed by atoms with Crippen LogP contribution in [-0.4, -0.2) is 34.9 Å². The molecule has 2 aromatic rings. The molecule has 30 heavy (non-hydrogen) atoms. The van der Waals surface area contributed by atoms with Crippen LogP contribution in [0.1, 0.15) is 71.4 Å². The standard InChI is InChI=1S/C24H32N2O4/c1-14(2)22(25-23(28)19-11-9-8-10-16(19)5)24(29)30-13-21(27)20-12-17(6)26(15(3)4)18(20)7/h8-12,14-15,22H,13H2,1-7H3,(H,25,28)/t22-/m0/s1. The number of aryl methyl sites for hydroxylation is 2. The van der Waals surface area contributed by atoms with E-state index in [0.717, 1.165) is 17.0 Å². The Labute approximate surface area is 178 Å². The monoisotopic (exact) mass is 412 g/mol. The first kappa shape index (κ1) is 23.4. The van der Waals surface area contributed by atoms with Crippen LogP contribution in [0.15, 0.2) is 30.3 Å². The lowest BCUT2D eigenvalue weighted by Gasteiger charge is -2.21. The summed E-state index contributed by atoms with van der Waals surface area (Å²) in [5.74, 6) is -1.39. The summed E-state index contributed by atoms with van der Waals surface area (Å²) in [7, 11) is 0. The number of nitrogens with zero attached hydrogens (tertiary/aromatic N) is 1. The van der Waals surface area contributed by atoms with Gasteiger partial charge in [0.05, 0.1) is 0 Å². The Morgan fingerprint density at radius 3 is 2.17 bits per heavy atom. The second kappa shape index (κ2) is 9.74. The van der Waals surface area contributed by atoms with Gasteiger partial charge in [0.25, 0.3) is 5.91 Å². The van der Waals surface area contributed by atoms with E-state index < -0.39 is 12.0 Å². The summed E-state index contributed by atoms with van der Waals surface area (Å²) in [5.41, 5.74) is 3.73. The largest absolute Gasteiger partial charge is 0.456 e. The average Bonchev–Trinajstić information content (AvgIpc) is 2.98. The molecule has 0 bridgehead atoms. The van der Waals surface area contributed by atoms with E-state index in [0.29, 0.717) is 11.1 Å². The maximum Gasteiger partial charge on any atom is 0.329 e. The van der Waals surface area contributed by atoms with Crippen molar-refractivity contribution >= 4 is 17.7 Å². The van der Waals surface area contributed by atoms with Gasteiger partial charge in [0, 0.05) is 28.6 Å². The number of rotatable bonds is 8. The third-order valence-corrected chi connectivity index (χ3v) is 5.24. The molecule has 1 amide bonds. The van der Waals surface area contributed by atoms with Crippen LogP contribution in [0, 0.1) is 26.7 Å². The Morgan fingerprint density at radius 1 is 1.00 bits per heavy atom. The van der Waals surface area contributed by atoms with Crippen molar-refractivity contribution < 1.29 is 19.1 Å². The Balaban J connectivity index is 2.07. The maximum absolute atomic E-state index is 12.7. The highest BCUT2D eigenvalue weighted by atomic mass is 16.5. The number of carbonyl (C=O) groups excluding carboxylic acids is 3. The number of carbonyl (C=O) groups is 3. The molecule has 0 radical (unpaired) electrons. The molecule has 6 nitrogen and oxygen atoms in total. The molecule has 162 valence electrons. The first-order valence-electron chi connectivity index (χ1n) is 10.3. The topological polar surface area (TPSA) is 77.4 Å². The minimum absolute atomic E-state index is 0.188. The minimum Gasteiger partial charge on any atom is -0.456 e. The van der Waals surface area contributed by atoms with Crippen molar-refractivity contribution in [1.29, 1.82) is 0 Å². The van der Waals surface area contributed by atoms with Crippen LogP contribution >= 0.6 is 0 Å². The van der Waals surface area contributed by atoms with Gasteiger partial charge in [-0.05, 0) is 58.2 Å². The van der Waals surface area contributed by atoms with Crippen molar-refractivity contribution in [1.82, 2.24) is 9.88 Å². The number of esters is 1. The highest BCUT2D eigenvalue weighted by Gasteiger charge is 2.28. The van der Waals surface area contributed by atoms with Gasteiger partial charge in [-0.15, -0.1) is 0 Å². The number of aromatic nitrogens is 1. The molecule has 6 heteroatoms. The van der Waals surface area contributed by atoms with Crippen LogP contribution in [0.4, 0.5) is 0 Å². The molecule has 0 aliphatic carbocycles. The van der Waals surface area contributed by atoms with E-state index in [1.807, 2.05) is 52.8 Å². The average molecular weight is 413 g/mol. The van der Waals surface area contributed by atoms with E-state index in [2.05, 4.69) is 23.7 Å². The van der Waals surface area contributed by atoms with Crippen molar-refractivity contribution in [2.24, 2.45) is 5.92 Å². The molecule has 1 atom stereocenters. The molecular weight excluding hydrogens is 380 g/mol. The number of benzene rings is 1. The van der Waals surface area contributed by atoms with E-state index in [9.17, 15) is 14.4 Å². The van der Waals surface area contributed by atoms with Gasteiger partial charge in [0.15, 0.2) is 6.61 Å². The molecule has 1 N–H and O–H groups in total. The second-order valence-corrected chi connectivity index (χ2v) is 8.29. The SMILES string of the molecule is Cc1ccccc1C(=O)N[C@H](C(=O)OCC(=O)c1cc(C)n(C(C)C)c1C)C(C)C. The number of Topliss-reactive ketones (excluding diaryl/α,β-unsaturated/α-hetero) is 1. The first-order chi connectivity index (χ1) is 14.0.